The number of benzene rings is 1. The van der Waals surface area contributed by atoms with Gasteiger partial charge in [0, 0.05) is 12.6 Å². The molecule has 1 aromatic heterocycles. The zero-order valence-corrected chi connectivity index (χ0v) is 12.3. The second kappa shape index (κ2) is 6.17. The van der Waals surface area contributed by atoms with Crippen LogP contribution in [-0.4, -0.2) is 44.2 Å². The smallest absolute Gasteiger partial charge is 0.257 e. The number of nitrogens with zero attached hydrogens (tertiary/aromatic N) is 2. The summed E-state index contributed by atoms with van der Waals surface area (Å²) in [5.74, 6) is 0. The second-order valence-corrected chi connectivity index (χ2v) is 6.40. The molecule has 0 aliphatic heterocycles. The van der Waals surface area contributed by atoms with E-state index in [9.17, 15) is 8.42 Å². The van der Waals surface area contributed by atoms with Gasteiger partial charge in [-0.25, -0.2) is 13.1 Å². The zero-order valence-electron chi connectivity index (χ0n) is 11.4. The molecular formula is C13H18N4O2S. The van der Waals surface area contributed by atoms with Crippen LogP contribution >= 0.6 is 0 Å². The first-order valence-corrected chi connectivity index (χ1v) is 7.69. The van der Waals surface area contributed by atoms with Gasteiger partial charge >= 0.3 is 0 Å². The maximum absolute atomic E-state index is 12.1. The van der Waals surface area contributed by atoms with Crippen LogP contribution in [0.1, 0.15) is 11.6 Å². The van der Waals surface area contributed by atoms with E-state index in [2.05, 4.69) is 14.9 Å². The first-order chi connectivity index (χ1) is 9.50. The normalized spacial score (nSPS) is 13.6. The standard InChI is InChI=1S/C13H18N4O2S/c1-17(2)12(11-6-4-3-5-7-11)10-15-20(18,19)13-8-9-14-16-13/h3-9,12,15H,10H2,1-2H3,(H,14,16). The summed E-state index contributed by atoms with van der Waals surface area (Å²) < 4.78 is 26.7. The van der Waals surface area contributed by atoms with E-state index in [-0.39, 0.29) is 11.1 Å². The first-order valence-electron chi connectivity index (χ1n) is 6.21. The highest BCUT2D eigenvalue weighted by Crippen LogP contribution is 2.17. The molecule has 0 aliphatic rings. The van der Waals surface area contributed by atoms with Crippen molar-refractivity contribution in [1.29, 1.82) is 0 Å². The van der Waals surface area contributed by atoms with Gasteiger partial charge in [-0.3, -0.25) is 5.10 Å². The van der Waals surface area contributed by atoms with Crippen LogP contribution in [0.3, 0.4) is 0 Å². The molecular weight excluding hydrogens is 276 g/mol. The lowest BCUT2D eigenvalue weighted by Gasteiger charge is -2.24. The monoisotopic (exact) mass is 294 g/mol. The number of H-pyrrole nitrogens is 1. The van der Waals surface area contributed by atoms with Gasteiger partial charge in [0.05, 0.1) is 6.20 Å². The Morgan fingerprint density at radius 3 is 2.50 bits per heavy atom. The number of aromatic amines is 1. The lowest BCUT2D eigenvalue weighted by Crippen LogP contribution is -2.34. The van der Waals surface area contributed by atoms with E-state index in [0.29, 0.717) is 6.54 Å². The Morgan fingerprint density at radius 2 is 1.95 bits per heavy atom. The van der Waals surface area contributed by atoms with Crippen molar-refractivity contribution < 1.29 is 8.42 Å². The number of likely N-dealkylation sites (N-methyl/N-ethyl adjacent to an activating group) is 1. The zero-order chi connectivity index (χ0) is 14.6. The fraction of sp³-hybridized carbons (Fsp3) is 0.308. The Hall–Kier alpha value is -1.70. The van der Waals surface area contributed by atoms with Gasteiger partial charge in [-0.1, -0.05) is 30.3 Å². The Bertz CT molecular complexity index is 624. The number of rotatable bonds is 6. The van der Waals surface area contributed by atoms with Crippen molar-refractivity contribution in [3.05, 3.63) is 48.2 Å². The largest absolute Gasteiger partial charge is 0.301 e. The van der Waals surface area contributed by atoms with Crippen LogP contribution in [-0.2, 0) is 10.0 Å². The molecule has 2 N–H and O–H groups in total. The SMILES string of the molecule is CN(C)C(CNS(=O)(=O)c1ccn[nH]1)c1ccccc1. The highest BCUT2D eigenvalue weighted by Gasteiger charge is 2.20. The van der Waals surface area contributed by atoms with Crippen LogP contribution in [0.4, 0.5) is 0 Å². The summed E-state index contributed by atoms with van der Waals surface area (Å²) in [6.07, 6.45) is 1.41. The van der Waals surface area contributed by atoms with Gasteiger partial charge in [0.15, 0.2) is 5.03 Å². The highest BCUT2D eigenvalue weighted by atomic mass is 32.2. The van der Waals surface area contributed by atoms with Gasteiger partial charge in [0.25, 0.3) is 10.0 Å². The third-order valence-electron chi connectivity index (χ3n) is 3.04. The van der Waals surface area contributed by atoms with Crippen LogP contribution in [0.15, 0.2) is 47.6 Å². The van der Waals surface area contributed by atoms with E-state index >= 15 is 0 Å². The van der Waals surface area contributed by atoms with Crippen LogP contribution in [0.2, 0.25) is 0 Å². The van der Waals surface area contributed by atoms with E-state index in [1.54, 1.807) is 0 Å². The summed E-state index contributed by atoms with van der Waals surface area (Å²) in [6.45, 7) is 0.290. The van der Waals surface area contributed by atoms with E-state index in [4.69, 9.17) is 0 Å². The van der Waals surface area contributed by atoms with Crippen molar-refractivity contribution in [1.82, 2.24) is 19.8 Å². The summed E-state index contributed by atoms with van der Waals surface area (Å²) in [5, 5.41) is 6.18. The molecule has 0 saturated heterocycles. The number of hydrogen-bond donors (Lipinski definition) is 2. The van der Waals surface area contributed by atoms with Crippen LogP contribution < -0.4 is 4.72 Å². The molecule has 2 rings (SSSR count). The quantitative estimate of drug-likeness (QED) is 0.833. The molecule has 0 radical (unpaired) electrons. The first kappa shape index (κ1) is 14.7. The summed E-state index contributed by atoms with van der Waals surface area (Å²) >= 11 is 0. The van der Waals surface area contributed by atoms with Gasteiger partial charge in [-0.15, -0.1) is 0 Å². The average Bonchev–Trinajstić information content (AvgIpc) is 2.94. The van der Waals surface area contributed by atoms with E-state index in [0.717, 1.165) is 5.56 Å². The summed E-state index contributed by atoms with van der Waals surface area (Å²) in [6, 6.07) is 11.2. The van der Waals surface area contributed by atoms with Gasteiger partial charge in [0.2, 0.25) is 0 Å². The van der Waals surface area contributed by atoms with Crippen molar-refractivity contribution in [2.24, 2.45) is 0 Å². The molecule has 0 saturated carbocycles. The maximum Gasteiger partial charge on any atom is 0.257 e. The Morgan fingerprint density at radius 1 is 1.25 bits per heavy atom. The molecule has 2 aromatic rings. The van der Waals surface area contributed by atoms with Crippen molar-refractivity contribution >= 4 is 10.0 Å². The van der Waals surface area contributed by atoms with E-state index in [1.165, 1.54) is 12.3 Å². The molecule has 20 heavy (non-hydrogen) atoms. The number of aromatic nitrogens is 2. The molecule has 0 fully saturated rings. The Kier molecular flexibility index (Phi) is 4.53. The van der Waals surface area contributed by atoms with Crippen molar-refractivity contribution in [2.75, 3.05) is 20.6 Å². The molecule has 1 atom stereocenters. The van der Waals surface area contributed by atoms with Gasteiger partial charge in [-0.05, 0) is 25.7 Å². The summed E-state index contributed by atoms with van der Waals surface area (Å²) in [5.41, 5.74) is 1.06. The second-order valence-electron chi connectivity index (χ2n) is 4.66. The van der Waals surface area contributed by atoms with Gasteiger partial charge < -0.3 is 4.90 Å². The topological polar surface area (TPSA) is 78.1 Å². The molecule has 0 amide bonds. The molecule has 0 aliphatic carbocycles. The number of sulfonamides is 1. The van der Waals surface area contributed by atoms with Crippen LogP contribution in [0.25, 0.3) is 0 Å². The van der Waals surface area contributed by atoms with Gasteiger partial charge in [-0.2, -0.15) is 5.10 Å². The summed E-state index contributed by atoms with van der Waals surface area (Å²) in [7, 11) is 0.289. The van der Waals surface area contributed by atoms with Crippen molar-refractivity contribution in [3.63, 3.8) is 0 Å². The highest BCUT2D eigenvalue weighted by molar-refractivity contribution is 7.89. The van der Waals surface area contributed by atoms with E-state index < -0.39 is 10.0 Å². The fourth-order valence-electron chi connectivity index (χ4n) is 1.93. The lowest BCUT2D eigenvalue weighted by atomic mass is 10.1. The minimum absolute atomic E-state index is 0.0334. The van der Waals surface area contributed by atoms with Crippen LogP contribution in [0.5, 0.6) is 0 Å². The van der Waals surface area contributed by atoms with Crippen LogP contribution in [0, 0.1) is 0 Å². The molecule has 7 heteroatoms. The third-order valence-corrected chi connectivity index (χ3v) is 4.39. The average molecular weight is 294 g/mol. The minimum atomic E-state index is -3.55. The predicted octanol–water partition coefficient (Wildman–Crippen LogP) is 0.991. The molecule has 0 spiro atoms. The lowest BCUT2D eigenvalue weighted by molar-refractivity contribution is 0.299. The molecule has 1 unspecified atom stereocenters. The molecule has 108 valence electrons. The Labute approximate surface area is 118 Å². The number of hydrogen-bond acceptors (Lipinski definition) is 4. The fourth-order valence-corrected chi connectivity index (χ4v) is 2.88. The third kappa shape index (κ3) is 3.44. The number of nitrogens with one attached hydrogen (secondary N) is 2. The minimum Gasteiger partial charge on any atom is -0.301 e. The molecule has 1 aromatic carbocycles. The molecule has 6 nitrogen and oxygen atoms in total. The van der Waals surface area contributed by atoms with Crippen molar-refractivity contribution in [3.8, 4) is 0 Å². The molecule has 0 bridgehead atoms. The van der Waals surface area contributed by atoms with Crippen molar-refractivity contribution in [2.45, 2.75) is 11.1 Å². The summed E-state index contributed by atoms with van der Waals surface area (Å²) in [4.78, 5) is 1.98. The Balaban J connectivity index is 2.11. The maximum atomic E-state index is 12.1. The van der Waals surface area contributed by atoms with E-state index in [1.807, 2.05) is 49.3 Å². The predicted molar refractivity (Wildman–Crippen MR) is 76.6 cm³/mol. The molecule has 1 heterocycles. The van der Waals surface area contributed by atoms with Gasteiger partial charge in [0.1, 0.15) is 0 Å².